The second kappa shape index (κ2) is 19.1. The molecule has 2 aliphatic heterocycles. The number of hydrogen-bond acceptors (Lipinski definition) is 8. The Morgan fingerprint density at radius 3 is 2.38 bits per heavy atom. The van der Waals surface area contributed by atoms with Crippen molar-refractivity contribution in [3.63, 3.8) is 0 Å². The van der Waals surface area contributed by atoms with Gasteiger partial charge in [-0.2, -0.15) is 0 Å². The molecule has 1 unspecified atom stereocenters. The molecule has 1 atom stereocenters. The molecule has 60 heavy (non-hydrogen) atoms. The van der Waals surface area contributed by atoms with Gasteiger partial charge in [0.15, 0.2) is 0 Å². The van der Waals surface area contributed by atoms with Gasteiger partial charge in [0.25, 0.3) is 17.7 Å². The van der Waals surface area contributed by atoms with Gasteiger partial charge in [-0.05, 0) is 132 Å². The van der Waals surface area contributed by atoms with Crippen LogP contribution in [0.1, 0.15) is 108 Å². The number of anilines is 2. The smallest absolute Gasteiger partial charge is 0.410 e. The lowest BCUT2D eigenvalue weighted by Gasteiger charge is -2.29. The lowest BCUT2D eigenvalue weighted by Crippen LogP contribution is -2.40. The normalized spacial score (nSPS) is 17.2. The van der Waals surface area contributed by atoms with Crippen LogP contribution in [0, 0.1) is 0 Å². The van der Waals surface area contributed by atoms with Crippen molar-refractivity contribution in [1.82, 2.24) is 25.0 Å². The highest BCUT2D eigenvalue weighted by Gasteiger charge is 2.26. The molecule has 12 heteroatoms. The maximum absolute atomic E-state index is 14.0. The summed E-state index contributed by atoms with van der Waals surface area (Å²) in [4.78, 5) is 66.7. The number of pyridine rings is 1. The minimum atomic E-state index is -0.543. The number of likely N-dealkylation sites (N-methyl/N-ethyl adjacent to an activating group) is 1. The molecular formula is C48H59N7O5. The number of nitrogens with zero attached hydrogens (tertiary/aromatic N) is 5. The first-order chi connectivity index (χ1) is 28.9. The Hall–Kier alpha value is -5.75. The first kappa shape index (κ1) is 42.4. The number of amides is 4. The molecule has 4 amide bonds. The van der Waals surface area contributed by atoms with Crippen LogP contribution in [0.3, 0.4) is 0 Å². The zero-order valence-electron chi connectivity index (χ0n) is 35.5. The van der Waals surface area contributed by atoms with Crippen LogP contribution in [0.2, 0.25) is 0 Å². The Bertz CT molecular complexity index is 2180. The van der Waals surface area contributed by atoms with Gasteiger partial charge in [0.2, 0.25) is 0 Å². The van der Waals surface area contributed by atoms with Crippen LogP contribution in [0.4, 0.5) is 16.2 Å². The number of piperidine rings is 1. The molecule has 2 N–H and O–H groups in total. The van der Waals surface area contributed by atoms with Gasteiger partial charge in [0.05, 0.1) is 17.4 Å². The van der Waals surface area contributed by atoms with Crippen molar-refractivity contribution in [3.8, 4) is 11.3 Å². The van der Waals surface area contributed by atoms with Gasteiger partial charge in [-0.15, -0.1) is 0 Å². The predicted molar refractivity (Wildman–Crippen MR) is 236 cm³/mol. The van der Waals surface area contributed by atoms with E-state index in [9.17, 15) is 19.2 Å². The van der Waals surface area contributed by atoms with Crippen LogP contribution < -0.4 is 15.5 Å². The predicted octanol–water partition coefficient (Wildman–Crippen LogP) is 7.81. The van der Waals surface area contributed by atoms with Gasteiger partial charge >= 0.3 is 6.09 Å². The Kier molecular flexibility index (Phi) is 13.5. The fraction of sp³-hybridized carbons (Fsp3) is 0.438. The molecule has 1 aromatic heterocycles. The third-order valence-electron chi connectivity index (χ3n) is 11.7. The second-order valence-electron chi connectivity index (χ2n) is 17.2. The number of aromatic nitrogens is 1. The largest absolute Gasteiger partial charge is 0.444 e. The van der Waals surface area contributed by atoms with E-state index in [0.717, 1.165) is 63.8 Å². The Morgan fingerprint density at radius 1 is 0.783 bits per heavy atom. The fourth-order valence-corrected chi connectivity index (χ4v) is 8.37. The van der Waals surface area contributed by atoms with Crippen molar-refractivity contribution in [2.24, 2.45) is 0 Å². The molecule has 7 rings (SSSR count). The Labute approximate surface area is 354 Å². The standard InChI is InChI=1S/C48H59N7O5/c1-48(2,3)60-47(59)55-26-12-23-53(29-30-55)28-27-52(4)46(58)37-16-10-15-35(31-37)44(56)51-42-20-19-38(54-24-8-5-9-25-54)33-40(42)43-32-36(21-22-49-43)45(57)50-41-18-11-14-34-13-6-7-17-39(34)41/h6-7,10,13,15-17,19-22,31-33,41H,5,8-9,11-12,14,18,23-30H2,1-4H3,(H,50,57)(H,51,56). The van der Waals surface area contributed by atoms with E-state index < -0.39 is 5.60 Å². The lowest BCUT2D eigenvalue weighted by molar-refractivity contribution is 0.0257. The molecule has 1 aliphatic carbocycles. The molecule has 0 bridgehead atoms. The zero-order valence-corrected chi connectivity index (χ0v) is 35.5. The van der Waals surface area contributed by atoms with Gasteiger partial charge in [-0.25, -0.2) is 4.79 Å². The second-order valence-corrected chi connectivity index (χ2v) is 17.2. The summed E-state index contributed by atoms with van der Waals surface area (Å²) < 4.78 is 5.57. The maximum atomic E-state index is 14.0. The van der Waals surface area contributed by atoms with Crippen molar-refractivity contribution in [1.29, 1.82) is 0 Å². The van der Waals surface area contributed by atoms with Crippen LogP contribution in [0.15, 0.2) is 85.1 Å². The summed E-state index contributed by atoms with van der Waals surface area (Å²) in [5, 5.41) is 6.37. The van der Waals surface area contributed by atoms with Crippen LogP contribution in [-0.4, -0.2) is 109 Å². The van der Waals surface area contributed by atoms with E-state index in [0.29, 0.717) is 66.4 Å². The SMILES string of the molecule is CN(CCN1CCCN(C(=O)OC(C)(C)C)CC1)C(=O)c1cccc(C(=O)Nc2ccc(N3CCCCC3)cc2-c2cc(C(=O)NC3CCCc4ccccc43)ccn2)c1. The van der Waals surface area contributed by atoms with Gasteiger partial charge < -0.3 is 30.1 Å². The van der Waals surface area contributed by atoms with Crippen molar-refractivity contribution >= 4 is 35.2 Å². The molecular weight excluding hydrogens is 755 g/mol. The van der Waals surface area contributed by atoms with Gasteiger partial charge in [0, 0.05) is 87.0 Å². The summed E-state index contributed by atoms with van der Waals surface area (Å²) >= 11 is 0. The first-order valence-corrected chi connectivity index (χ1v) is 21.5. The van der Waals surface area contributed by atoms with Gasteiger partial charge in [0.1, 0.15) is 5.60 Å². The molecule has 4 aromatic rings. The quantitative estimate of drug-likeness (QED) is 0.166. The number of rotatable bonds is 10. The number of aryl methyl sites for hydroxylation is 1. The fourth-order valence-electron chi connectivity index (χ4n) is 8.37. The van der Waals surface area contributed by atoms with Gasteiger partial charge in [-0.3, -0.25) is 24.3 Å². The molecule has 12 nitrogen and oxygen atoms in total. The molecule has 3 aromatic carbocycles. The molecule has 316 valence electrons. The Morgan fingerprint density at radius 2 is 1.57 bits per heavy atom. The van der Waals surface area contributed by atoms with Crippen LogP contribution in [-0.2, 0) is 11.2 Å². The zero-order chi connectivity index (χ0) is 42.2. The monoisotopic (exact) mass is 813 g/mol. The minimum absolute atomic E-state index is 0.0585. The third kappa shape index (κ3) is 10.7. The number of benzene rings is 3. The molecule has 0 saturated carbocycles. The average molecular weight is 814 g/mol. The summed E-state index contributed by atoms with van der Waals surface area (Å²) in [5.41, 5.74) is 6.05. The molecule has 3 aliphatic rings. The minimum Gasteiger partial charge on any atom is -0.444 e. The summed E-state index contributed by atoms with van der Waals surface area (Å²) in [7, 11) is 1.77. The lowest BCUT2D eigenvalue weighted by atomic mass is 9.87. The summed E-state index contributed by atoms with van der Waals surface area (Å²) in [5.74, 6) is -0.707. The Balaban J connectivity index is 1.04. The third-order valence-corrected chi connectivity index (χ3v) is 11.7. The van der Waals surface area contributed by atoms with Crippen molar-refractivity contribution < 1.29 is 23.9 Å². The highest BCUT2D eigenvalue weighted by atomic mass is 16.6. The van der Waals surface area contributed by atoms with E-state index in [-0.39, 0.29) is 29.9 Å². The number of nitrogens with one attached hydrogen (secondary N) is 2. The van der Waals surface area contributed by atoms with Crippen LogP contribution >= 0.6 is 0 Å². The van der Waals surface area contributed by atoms with Crippen LogP contribution in [0.25, 0.3) is 11.3 Å². The van der Waals surface area contributed by atoms with E-state index >= 15 is 0 Å². The van der Waals surface area contributed by atoms with Crippen molar-refractivity contribution in [3.05, 3.63) is 113 Å². The highest BCUT2D eigenvalue weighted by molar-refractivity contribution is 6.08. The van der Waals surface area contributed by atoms with E-state index in [4.69, 9.17) is 9.72 Å². The van der Waals surface area contributed by atoms with E-state index in [1.807, 2.05) is 45.0 Å². The number of carbonyl (C=O) groups excluding carboxylic acids is 4. The summed E-state index contributed by atoms with van der Waals surface area (Å²) in [6, 6.07) is 24.6. The molecule has 2 saturated heterocycles. The molecule has 2 fully saturated rings. The van der Waals surface area contributed by atoms with E-state index in [1.54, 1.807) is 59.4 Å². The topological polar surface area (TPSA) is 127 Å². The molecule has 0 spiro atoms. The molecule has 0 radical (unpaired) electrons. The number of ether oxygens (including phenoxy) is 1. The van der Waals surface area contributed by atoms with Crippen LogP contribution in [0.5, 0.6) is 0 Å². The number of carbonyl (C=O) groups is 4. The molecule has 3 heterocycles. The number of fused-ring (bicyclic) bond motifs is 1. The van der Waals surface area contributed by atoms with E-state index in [1.165, 1.54) is 17.5 Å². The highest BCUT2D eigenvalue weighted by Crippen LogP contribution is 2.34. The van der Waals surface area contributed by atoms with E-state index in [2.05, 4.69) is 38.6 Å². The summed E-state index contributed by atoms with van der Waals surface area (Å²) in [6.07, 6.45) is 8.52. The summed E-state index contributed by atoms with van der Waals surface area (Å²) in [6.45, 7) is 11.4. The maximum Gasteiger partial charge on any atom is 0.410 e. The first-order valence-electron chi connectivity index (χ1n) is 21.5. The van der Waals surface area contributed by atoms with Crippen molar-refractivity contribution in [2.75, 3.05) is 69.6 Å². The van der Waals surface area contributed by atoms with Gasteiger partial charge in [-0.1, -0.05) is 30.3 Å². The number of hydrogen-bond donors (Lipinski definition) is 2. The van der Waals surface area contributed by atoms with Crippen molar-refractivity contribution in [2.45, 2.75) is 77.4 Å². The average Bonchev–Trinajstić information content (AvgIpc) is 3.51.